The summed E-state index contributed by atoms with van der Waals surface area (Å²) in [5.74, 6) is 0.149. The van der Waals surface area contributed by atoms with E-state index in [2.05, 4.69) is 10.1 Å². The molecule has 3 aromatic rings. The van der Waals surface area contributed by atoms with E-state index in [9.17, 15) is 4.79 Å². The molecule has 0 saturated carbocycles. The van der Waals surface area contributed by atoms with E-state index in [1.807, 2.05) is 25.1 Å². The highest BCUT2D eigenvalue weighted by molar-refractivity contribution is 7.12. The fraction of sp³-hybridized carbons (Fsp3) is 0.118. The van der Waals surface area contributed by atoms with E-state index in [4.69, 9.17) is 20.9 Å². The van der Waals surface area contributed by atoms with Crippen LogP contribution in [-0.2, 0) is 16.1 Å². The molecule has 0 unspecified atom stereocenters. The molecule has 1 aromatic carbocycles. The molecule has 7 heteroatoms. The van der Waals surface area contributed by atoms with Gasteiger partial charge in [0.05, 0.1) is 0 Å². The molecule has 0 atom stereocenters. The van der Waals surface area contributed by atoms with Crippen LogP contribution in [0.15, 0.2) is 47.0 Å². The first kappa shape index (κ1) is 16.4. The number of nitrogens with zero attached hydrogens (tertiary/aromatic N) is 2. The van der Waals surface area contributed by atoms with Crippen LogP contribution in [0.5, 0.6) is 0 Å². The molecule has 2 heterocycles. The lowest BCUT2D eigenvalue weighted by molar-refractivity contribution is -0.139. The Morgan fingerprint density at radius 2 is 2.25 bits per heavy atom. The Labute approximate surface area is 147 Å². The smallest absolute Gasteiger partial charge is 0.331 e. The molecule has 0 aliphatic carbocycles. The van der Waals surface area contributed by atoms with Gasteiger partial charge in [-0.25, -0.2) is 4.79 Å². The topological polar surface area (TPSA) is 65.2 Å². The van der Waals surface area contributed by atoms with E-state index in [1.165, 1.54) is 11.0 Å². The number of aromatic nitrogens is 2. The second kappa shape index (κ2) is 7.42. The van der Waals surface area contributed by atoms with Crippen molar-refractivity contribution in [1.29, 1.82) is 0 Å². The Balaban J connectivity index is 1.57. The second-order valence-electron chi connectivity index (χ2n) is 4.91. The lowest BCUT2D eigenvalue weighted by Gasteiger charge is -1.96. The average Bonchev–Trinajstić information content (AvgIpc) is 3.20. The van der Waals surface area contributed by atoms with Gasteiger partial charge in [0.1, 0.15) is 0 Å². The highest BCUT2D eigenvalue weighted by atomic mass is 35.5. The van der Waals surface area contributed by atoms with Gasteiger partial charge in [0.2, 0.25) is 5.82 Å². The van der Waals surface area contributed by atoms with Crippen molar-refractivity contribution >= 4 is 35.0 Å². The van der Waals surface area contributed by atoms with Crippen molar-refractivity contribution in [2.24, 2.45) is 0 Å². The van der Waals surface area contributed by atoms with Gasteiger partial charge in [0, 0.05) is 26.4 Å². The van der Waals surface area contributed by atoms with Crippen LogP contribution >= 0.6 is 22.9 Å². The quantitative estimate of drug-likeness (QED) is 0.494. The third kappa shape index (κ3) is 4.31. The average molecular weight is 361 g/mol. The number of thiophene rings is 1. The van der Waals surface area contributed by atoms with E-state index in [-0.39, 0.29) is 12.5 Å². The van der Waals surface area contributed by atoms with Crippen molar-refractivity contribution in [3.63, 3.8) is 0 Å². The third-order valence-electron chi connectivity index (χ3n) is 3.03. The molecule has 24 heavy (non-hydrogen) atoms. The number of benzene rings is 1. The zero-order valence-corrected chi connectivity index (χ0v) is 14.3. The highest BCUT2D eigenvalue weighted by Gasteiger charge is 2.10. The molecule has 0 saturated heterocycles. The molecule has 0 spiro atoms. The molecule has 0 aliphatic rings. The lowest BCUT2D eigenvalue weighted by Crippen LogP contribution is -2.00. The third-order valence-corrected chi connectivity index (χ3v) is 4.23. The highest BCUT2D eigenvalue weighted by Crippen LogP contribution is 2.20. The first-order valence-electron chi connectivity index (χ1n) is 7.10. The largest absolute Gasteiger partial charge is 0.452 e. The van der Waals surface area contributed by atoms with Gasteiger partial charge >= 0.3 is 5.97 Å². The van der Waals surface area contributed by atoms with Gasteiger partial charge < -0.3 is 9.26 Å². The van der Waals surface area contributed by atoms with E-state index >= 15 is 0 Å². The molecule has 0 radical (unpaired) electrons. The van der Waals surface area contributed by atoms with Crippen LogP contribution in [0.2, 0.25) is 5.02 Å². The van der Waals surface area contributed by atoms with Crippen molar-refractivity contribution < 1.29 is 14.1 Å². The van der Waals surface area contributed by atoms with E-state index in [0.29, 0.717) is 10.8 Å². The fourth-order valence-corrected chi connectivity index (χ4v) is 2.90. The predicted molar refractivity (Wildman–Crippen MR) is 92.6 cm³/mol. The van der Waals surface area contributed by atoms with Crippen LogP contribution < -0.4 is 0 Å². The number of halogens is 1. The maximum atomic E-state index is 11.7. The molecule has 0 bridgehead atoms. The van der Waals surface area contributed by atoms with Crippen molar-refractivity contribution in [3.05, 3.63) is 63.1 Å². The van der Waals surface area contributed by atoms with Gasteiger partial charge in [-0.2, -0.15) is 4.98 Å². The summed E-state index contributed by atoms with van der Waals surface area (Å²) in [7, 11) is 0. The number of rotatable bonds is 5. The zero-order valence-electron chi connectivity index (χ0n) is 12.7. The summed E-state index contributed by atoms with van der Waals surface area (Å²) >= 11 is 7.53. The lowest BCUT2D eigenvalue weighted by atomic mass is 10.2. The fourth-order valence-electron chi connectivity index (χ4n) is 1.93. The monoisotopic (exact) mass is 360 g/mol. The number of hydrogen-bond acceptors (Lipinski definition) is 6. The maximum Gasteiger partial charge on any atom is 0.331 e. The van der Waals surface area contributed by atoms with Gasteiger partial charge in [-0.1, -0.05) is 28.9 Å². The standard InChI is InChI=1S/C17H13ClN2O3S/c1-11-5-6-14(24-11)7-8-16(21)22-10-15-19-17(20-23-15)12-3-2-4-13(18)9-12/h2-9H,10H2,1H3/b8-7+. The molecular weight excluding hydrogens is 348 g/mol. The number of esters is 1. The summed E-state index contributed by atoms with van der Waals surface area (Å²) in [5, 5.41) is 4.43. The van der Waals surface area contributed by atoms with Crippen LogP contribution in [0.1, 0.15) is 15.6 Å². The predicted octanol–water partition coefficient (Wildman–Crippen LogP) is 4.52. The minimum Gasteiger partial charge on any atom is -0.452 e. The van der Waals surface area contributed by atoms with Gasteiger partial charge in [0.25, 0.3) is 5.89 Å². The van der Waals surface area contributed by atoms with Gasteiger partial charge in [-0.05, 0) is 37.3 Å². The summed E-state index contributed by atoms with van der Waals surface area (Å²) < 4.78 is 10.2. The number of carbonyl (C=O) groups excluding carboxylic acids is 1. The summed E-state index contributed by atoms with van der Waals surface area (Å²) in [4.78, 5) is 18.1. The van der Waals surface area contributed by atoms with E-state index in [0.717, 1.165) is 10.4 Å². The molecular formula is C17H13ClN2O3S. The van der Waals surface area contributed by atoms with Gasteiger partial charge in [-0.15, -0.1) is 11.3 Å². The van der Waals surface area contributed by atoms with E-state index < -0.39 is 5.97 Å². The minimum atomic E-state index is -0.469. The van der Waals surface area contributed by atoms with Crippen LogP contribution in [0.25, 0.3) is 17.5 Å². The van der Waals surface area contributed by atoms with Crippen LogP contribution in [0.3, 0.4) is 0 Å². The molecule has 122 valence electrons. The van der Waals surface area contributed by atoms with Gasteiger partial charge in [0.15, 0.2) is 6.61 Å². The zero-order chi connectivity index (χ0) is 16.9. The molecule has 0 amide bonds. The number of hydrogen-bond donors (Lipinski definition) is 0. The molecule has 0 N–H and O–H groups in total. The maximum absolute atomic E-state index is 11.7. The van der Waals surface area contributed by atoms with Crippen molar-refractivity contribution in [2.45, 2.75) is 13.5 Å². The van der Waals surface area contributed by atoms with Gasteiger partial charge in [-0.3, -0.25) is 0 Å². The number of ether oxygens (including phenoxy) is 1. The van der Waals surface area contributed by atoms with Crippen molar-refractivity contribution in [2.75, 3.05) is 0 Å². The minimum absolute atomic E-state index is 0.0831. The second-order valence-corrected chi connectivity index (χ2v) is 6.67. The first-order chi connectivity index (χ1) is 11.6. The molecule has 2 aromatic heterocycles. The Kier molecular flexibility index (Phi) is 5.08. The Hall–Kier alpha value is -2.44. The molecule has 0 aliphatic heterocycles. The summed E-state index contributed by atoms with van der Waals surface area (Å²) in [6.07, 6.45) is 3.09. The summed E-state index contributed by atoms with van der Waals surface area (Å²) in [6, 6.07) is 11.0. The molecule has 0 fully saturated rings. The Morgan fingerprint density at radius 1 is 1.38 bits per heavy atom. The Morgan fingerprint density at radius 3 is 3.00 bits per heavy atom. The molecule has 5 nitrogen and oxygen atoms in total. The van der Waals surface area contributed by atoms with Crippen LogP contribution in [0.4, 0.5) is 0 Å². The number of carbonyl (C=O) groups is 1. The normalized spacial score (nSPS) is 11.1. The molecule has 3 rings (SSSR count). The van der Waals surface area contributed by atoms with E-state index in [1.54, 1.807) is 35.6 Å². The Bertz CT molecular complexity index is 885. The van der Waals surface area contributed by atoms with Crippen molar-refractivity contribution in [1.82, 2.24) is 10.1 Å². The number of aryl methyl sites for hydroxylation is 1. The summed E-state index contributed by atoms with van der Waals surface area (Å²) in [6.45, 7) is 1.92. The van der Waals surface area contributed by atoms with Crippen molar-refractivity contribution in [3.8, 4) is 11.4 Å². The van der Waals surface area contributed by atoms with Crippen LogP contribution in [-0.4, -0.2) is 16.1 Å². The SMILES string of the molecule is Cc1ccc(/C=C/C(=O)OCc2nc(-c3cccc(Cl)c3)no2)s1. The summed E-state index contributed by atoms with van der Waals surface area (Å²) in [5.41, 5.74) is 0.733. The van der Waals surface area contributed by atoms with Crippen LogP contribution in [0, 0.1) is 6.92 Å². The first-order valence-corrected chi connectivity index (χ1v) is 8.29.